The summed E-state index contributed by atoms with van der Waals surface area (Å²) in [7, 11) is 1.53. The van der Waals surface area contributed by atoms with Gasteiger partial charge in [0.05, 0.1) is 18.4 Å². The first-order valence-electron chi connectivity index (χ1n) is 5.18. The van der Waals surface area contributed by atoms with Gasteiger partial charge >= 0.3 is 6.18 Å². The lowest BCUT2D eigenvalue weighted by molar-refractivity contribution is -0.137. The quantitative estimate of drug-likeness (QED) is 0.812. The highest BCUT2D eigenvalue weighted by Gasteiger charge is 2.30. The number of halogens is 3. The van der Waals surface area contributed by atoms with E-state index >= 15 is 0 Å². The van der Waals surface area contributed by atoms with Crippen LogP contribution in [-0.4, -0.2) is 12.1 Å². The Morgan fingerprint density at radius 2 is 1.89 bits per heavy atom. The number of methoxy groups -OCH3 is 1. The van der Waals surface area contributed by atoms with Gasteiger partial charge in [0.15, 0.2) is 0 Å². The van der Waals surface area contributed by atoms with Gasteiger partial charge in [-0.05, 0) is 24.3 Å². The molecule has 0 fully saturated rings. The molecule has 2 aromatic rings. The van der Waals surface area contributed by atoms with Gasteiger partial charge in [0, 0.05) is 11.8 Å². The van der Waals surface area contributed by atoms with Gasteiger partial charge in [-0.1, -0.05) is 12.1 Å². The highest BCUT2D eigenvalue weighted by molar-refractivity contribution is 5.61. The minimum absolute atomic E-state index is 0.474. The molecule has 0 unspecified atom stereocenters. The van der Waals surface area contributed by atoms with Crippen molar-refractivity contribution in [2.75, 3.05) is 7.11 Å². The lowest BCUT2D eigenvalue weighted by atomic mass is 10.1. The number of hydrogen-bond donors (Lipinski definition) is 0. The molecule has 0 aliphatic rings. The van der Waals surface area contributed by atoms with Crippen LogP contribution in [0.25, 0.3) is 11.3 Å². The number of aromatic nitrogens is 1. The summed E-state index contributed by atoms with van der Waals surface area (Å²) in [6, 6.07) is 9.36. The minimum atomic E-state index is -4.36. The number of hydrogen-bond acceptors (Lipinski definition) is 2. The Morgan fingerprint density at radius 3 is 2.44 bits per heavy atom. The number of benzene rings is 1. The molecule has 0 radical (unpaired) electrons. The van der Waals surface area contributed by atoms with E-state index in [0.29, 0.717) is 17.0 Å². The Bertz CT molecular complexity index is 535. The number of pyridine rings is 1. The van der Waals surface area contributed by atoms with E-state index in [-0.39, 0.29) is 0 Å². The van der Waals surface area contributed by atoms with Crippen LogP contribution in [0.2, 0.25) is 0 Å². The summed E-state index contributed by atoms with van der Waals surface area (Å²) in [4.78, 5) is 3.82. The summed E-state index contributed by atoms with van der Waals surface area (Å²) < 4.78 is 42.2. The molecule has 18 heavy (non-hydrogen) atoms. The molecule has 0 saturated heterocycles. The number of alkyl halides is 3. The van der Waals surface area contributed by atoms with Crippen molar-refractivity contribution in [1.82, 2.24) is 4.98 Å². The highest BCUT2D eigenvalue weighted by atomic mass is 19.4. The van der Waals surface area contributed by atoms with Gasteiger partial charge < -0.3 is 4.74 Å². The van der Waals surface area contributed by atoms with Crippen LogP contribution in [0.5, 0.6) is 5.75 Å². The number of ether oxygens (including phenoxy) is 1. The molecule has 1 heterocycles. The Hall–Kier alpha value is -2.04. The van der Waals surface area contributed by atoms with Crippen LogP contribution in [0.15, 0.2) is 42.6 Å². The predicted octanol–water partition coefficient (Wildman–Crippen LogP) is 3.78. The molecular formula is C13H10F3NO. The normalized spacial score (nSPS) is 11.3. The first-order chi connectivity index (χ1) is 8.50. The van der Waals surface area contributed by atoms with Crippen molar-refractivity contribution in [2.45, 2.75) is 6.18 Å². The van der Waals surface area contributed by atoms with Crippen LogP contribution in [0.4, 0.5) is 13.2 Å². The third-order valence-corrected chi connectivity index (χ3v) is 2.46. The third-order valence-electron chi connectivity index (χ3n) is 2.46. The second-order valence-corrected chi connectivity index (χ2v) is 3.66. The van der Waals surface area contributed by atoms with Crippen LogP contribution >= 0.6 is 0 Å². The van der Waals surface area contributed by atoms with Crippen LogP contribution in [-0.2, 0) is 6.18 Å². The molecule has 5 heteroatoms. The third kappa shape index (κ3) is 2.61. The van der Waals surface area contributed by atoms with E-state index in [2.05, 4.69) is 4.98 Å². The van der Waals surface area contributed by atoms with Crippen molar-refractivity contribution >= 4 is 0 Å². The molecule has 0 spiro atoms. The van der Waals surface area contributed by atoms with Crippen molar-refractivity contribution < 1.29 is 17.9 Å². The summed E-state index contributed by atoms with van der Waals surface area (Å²) in [5.41, 5.74) is 0.430. The second kappa shape index (κ2) is 4.68. The molecule has 0 aliphatic carbocycles. The Labute approximate surface area is 102 Å². The van der Waals surface area contributed by atoms with E-state index in [9.17, 15) is 13.2 Å². The SMILES string of the molecule is COc1cccc(-c2ccc(C(F)(F)F)cn2)c1. The fourth-order valence-corrected chi connectivity index (χ4v) is 1.51. The summed E-state index contributed by atoms with van der Waals surface area (Å²) in [6.07, 6.45) is -3.53. The van der Waals surface area contributed by atoms with Crippen LogP contribution in [0.3, 0.4) is 0 Å². The van der Waals surface area contributed by atoms with Crippen molar-refractivity contribution in [3.05, 3.63) is 48.2 Å². The largest absolute Gasteiger partial charge is 0.497 e. The molecule has 0 N–H and O–H groups in total. The molecule has 0 saturated carbocycles. The van der Waals surface area contributed by atoms with Crippen molar-refractivity contribution in [2.24, 2.45) is 0 Å². The predicted molar refractivity (Wildman–Crippen MR) is 61.2 cm³/mol. The fraction of sp³-hybridized carbons (Fsp3) is 0.154. The molecule has 2 rings (SSSR count). The summed E-state index contributed by atoms with van der Waals surface area (Å²) in [6.45, 7) is 0. The second-order valence-electron chi connectivity index (χ2n) is 3.66. The van der Waals surface area contributed by atoms with E-state index in [1.807, 2.05) is 0 Å². The molecule has 1 aromatic heterocycles. The van der Waals surface area contributed by atoms with E-state index in [0.717, 1.165) is 12.3 Å². The molecule has 0 amide bonds. The van der Waals surface area contributed by atoms with Gasteiger partial charge in [0.2, 0.25) is 0 Å². The summed E-state index contributed by atoms with van der Waals surface area (Å²) in [5.74, 6) is 0.634. The monoisotopic (exact) mass is 253 g/mol. The van der Waals surface area contributed by atoms with Gasteiger partial charge in [0.25, 0.3) is 0 Å². The summed E-state index contributed by atoms with van der Waals surface area (Å²) in [5, 5.41) is 0. The lowest BCUT2D eigenvalue weighted by Gasteiger charge is -2.07. The first kappa shape index (κ1) is 12.4. The molecule has 1 aromatic carbocycles. The molecular weight excluding hydrogens is 243 g/mol. The summed E-state index contributed by atoms with van der Waals surface area (Å²) >= 11 is 0. The molecule has 0 atom stereocenters. The van der Waals surface area contributed by atoms with Gasteiger partial charge in [-0.2, -0.15) is 13.2 Å². The lowest BCUT2D eigenvalue weighted by Crippen LogP contribution is -2.05. The van der Waals surface area contributed by atoms with Gasteiger partial charge in [-0.15, -0.1) is 0 Å². The Morgan fingerprint density at radius 1 is 1.11 bits per heavy atom. The average Bonchev–Trinajstić information content (AvgIpc) is 2.38. The van der Waals surface area contributed by atoms with Crippen LogP contribution < -0.4 is 4.74 Å². The molecule has 94 valence electrons. The maximum Gasteiger partial charge on any atom is 0.417 e. The fourth-order valence-electron chi connectivity index (χ4n) is 1.51. The zero-order valence-corrected chi connectivity index (χ0v) is 9.53. The number of nitrogens with zero attached hydrogens (tertiary/aromatic N) is 1. The van der Waals surface area contributed by atoms with Gasteiger partial charge in [0.1, 0.15) is 5.75 Å². The molecule has 0 bridgehead atoms. The van der Waals surface area contributed by atoms with E-state index < -0.39 is 11.7 Å². The van der Waals surface area contributed by atoms with Crippen molar-refractivity contribution in [1.29, 1.82) is 0 Å². The average molecular weight is 253 g/mol. The maximum atomic E-state index is 12.4. The Balaban J connectivity index is 2.34. The number of rotatable bonds is 2. The topological polar surface area (TPSA) is 22.1 Å². The minimum Gasteiger partial charge on any atom is -0.497 e. The molecule has 2 nitrogen and oxygen atoms in total. The Kier molecular flexibility index (Phi) is 3.23. The van der Waals surface area contributed by atoms with Gasteiger partial charge in [-0.25, -0.2) is 0 Å². The van der Waals surface area contributed by atoms with Crippen LogP contribution in [0, 0.1) is 0 Å². The zero-order valence-electron chi connectivity index (χ0n) is 9.53. The van der Waals surface area contributed by atoms with Crippen molar-refractivity contribution in [3.63, 3.8) is 0 Å². The van der Waals surface area contributed by atoms with Crippen molar-refractivity contribution in [3.8, 4) is 17.0 Å². The zero-order chi connectivity index (χ0) is 13.2. The standard InChI is InChI=1S/C13H10F3NO/c1-18-11-4-2-3-9(7-11)12-6-5-10(8-17-12)13(14,15)16/h2-8H,1H3. The highest BCUT2D eigenvalue weighted by Crippen LogP contribution is 2.30. The van der Waals surface area contributed by atoms with Gasteiger partial charge in [-0.3, -0.25) is 4.98 Å². The van der Waals surface area contributed by atoms with E-state index in [1.165, 1.54) is 13.2 Å². The smallest absolute Gasteiger partial charge is 0.417 e. The maximum absolute atomic E-state index is 12.4. The van der Waals surface area contributed by atoms with Crippen LogP contribution in [0.1, 0.15) is 5.56 Å². The molecule has 0 aliphatic heterocycles. The first-order valence-corrected chi connectivity index (χ1v) is 5.18. The van der Waals surface area contributed by atoms with E-state index in [4.69, 9.17) is 4.74 Å². The van der Waals surface area contributed by atoms with E-state index in [1.54, 1.807) is 24.3 Å².